The molecule has 0 aliphatic carbocycles. The Hall–Kier alpha value is -3.42. The molecule has 0 radical (unpaired) electrons. The quantitative estimate of drug-likeness (QED) is 0.484. The molecule has 1 atom stereocenters. The summed E-state index contributed by atoms with van der Waals surface area (Å²) in [5.74, 6) is 0.267. The van der Waals surface area contributed by atoms with E-state index in [2.05, 4.69) is 9.97 Å². The molecular weight excluding hydrogens is 585 g/mol. The van der Waals surface area contributed by atoms with Crippen LogP contribution in [0.15, 0.2) is 30.6 Å². The van der Waals surface area contributed by atoms with Gasteiger partial charge in [-0.05, 0) is 50.8 Å². The molecule has 14 heteroatoms. The highest BCUT2D eigenvalue weighted by atomic mass is 32.2. The van der Waals surface area contributed by atoms with Crippen molar-refractivity contribution < 1.29 is 31.2 Å². The average Bonchev–Trinajstić information content (AvgIpc) is 2.97. The molecule has 1 aromatic carbocycles. The number of piperazine rings is 1. The lowest BCUT2D eigenvalue weighted by atomic mass is 10.0. The van der Waals surface area contributed by atoms with Gasteiger partial charge in [0.25, 0.3) is 0 Å². The summed E-state index contributed by atoms with van der Waals surface area (Å²) in [7, 11) is -3.13. The Labute approximate surface area is 249 Å². The Balaban J connectivity index is 1.33. The lowest BCUT2D eigenvalue weighted by Crippen LogP contribution is -2.56. The van der Waals surface area contributed by atoms with E-state index in [4.69, 9.17) is 0 Å². The summed E-state index contributed by atoms with van der Waals surface area (Å²) < 4.78 is 65.0. The van der Waals surface area contributed by atoms with Crippen molar-refractivity contribution in [3.8, 4) is 11.1 Å². The third-order valence-corrected chi connectivity index (χ3v) is 10.3. The molecule has 5 rings (SSSR count). The van der Waals surface area contributed by atoms with Gasteiger partial charge in [-0.2, -0.15) is 13.2 Å². The molecule has 10 nitrogen and oxygen atoms in total. The molecular formula is C29H37F3N6O4S. The van der Waals surface area contributed by atoms with Crippen LogP contribution in [-0.2, 0) is 25.6 Å². The van der Waals surface area contributed by atoms with E-state index in [-0.39, 0.29) is 24.4 Å². The predicted molar refractivity (Wildman–Crippen MR) is 156 cm³/mol. The van der Waals surface area contributed by atoms with E-state index in [1.165, 1.54) is 24.7 Å². The number of carbonyl (C=O) groups is 2. The first-order valence-electron chi connectivity index (χ1n) is 14.6. The molecule has 0 N–H and O–H groups in total. The number of amides is 2. The summed E-state index contributed by atoms with van der Waals surface area (Å²) in [5.41, 5.74) is 0.559. The Morgan fingerprint density at radius 3 is 2.30 bits per heavy atom. The highest BCUT2D eigenvalue weighted by Gasteiger charge is 2.34. The van der Waals surface area contributed by atoms with E-state index >= 15 is 0 Å². The maximum Gasteiger partial charge on any atom is 0.416 e. The van der Waals surface area contributed by atoms with Crippen LogP contribution in [0.25, 0.3) is 11.1 Å². The van der Waals surface area contributed by atoms with Crippen molar-refractivity contribution in [3.63, 3.8) is 0 Å². The number of anilines is 2. The van der Waals surface area contributed by atoms with Gasteiger partial charge in [-0.1, -0.05) is 0 Å². The van der Waals surface area contributed by atoms with Gasteiger partial charge in [0.1, 0.15) is 9.84 Å². The molecule has 2 amide bonds. The number of halogens is 3. The Kier molecular flexibility index (Phi) is 8.87. The topological polar surface area (TPSA) is 107 Å². The number of nitrogens with zero attached hydrogens (tertiary/aromatic N) is 6. The zero-order valence-corrected chi connectivity index (χ0v) is 25.2. The van der Waals surface area contributed by atoms with Crippen LogP contribution >= 0.6 is 0 Å². The summed E-state index contributed by atoms with van der Waals surface area (Å²) in [6, 6.07) is 3.41. The van der Waals surface area contributed by atoms with Gasteiger partial charge >= 0.3 is 6.18 Å². The van der Waals surface area contributed by atoms with Crippen LogP contribution in [0.2, 0.25) is 0 Å². The highest BCUT2D eigenvalue weighted by Crippen LogP contribution is 2.38. The van der Waals surface area contributed by atoms with Crippen molar-refractivity contribution in [1.29, 1.82) is 0 Å². The summed E-state index contributed by atoms with van der Waals surface area (Å²) in [6.07, 6.45) is 2.80. The Bertz CT molecular complexity index is 1450. The van der Waals surface area contributed by atoms with Crippen molar-refractivity contribution in [1.82, 2.24) is 19.8 Å². The van der Waals surface area contributed by atoms with Gasteiger partial charge in [0.2, 0.25) is 17.8 Å². The second-order valence-electron chi connectivity index (χ2n) is 11.7. The van der Waals surface area contributed by atoms with Crippen molar-refractivity contribution in [3.05, 3.63) is 36.2 Å². The number of hydrogen-bond acceptors (Lipinski definition) is 8. The zero-order chi connectivity index (χ0) is 30.9. The number of alkyl halides is 3. The van der Waals surface area contributed by atoms with Gasteiger partial charge in [0.15, 0.2) is 0 Å². The second kappa shape index (κ2) is 12.3. The SMILES string of the molecule is CC1CN(c2ccc(C(F)(F)F)cc2-c2cnc(N3CCC(S(C)(=O)=O)CC3)nc2)CCN1C(=O)CN1CCCCC1=O. The number of sulfone groups is 1. The minimum absolute atomic E-state index is 0.00749. The number of hydrogen-bond donors (Lipinski definition) is 0. The van der Waals surface area contributed by atoms with Crippen LogP contribution in [0, 0.1) is 0 Å². The monoisotopic (exact) mass is 622 g/mol. The number of rotatable bonds is 6. The van der Waals surface area contributed by atoms with Crippen LogP contribution in [0.1, 0.15) is 44.6 Å². The molecule has 1 unspecified atom stereocenters. The molecule has 0 bridgehead atoms. The molecule has 3 saturated heterocycles. The number of benzene rings is 1. The number of piperidine rings is 2. The molecule has 234 valence electrons. The van der Waals surface area contributed by atoms with Gasteiger partial charge in [-0.25, -0.2) is 18.4 Å². The molecule has 3 aliphatic heterocycles. The van der Waals surface area contributed by atoms with Crippen molar-refractivity contribution in [2.75, 3.05) is 61.9 Å². The van der Waals surface area contributed by atoms with E-state index in [0.717, 1.165) is 25.0 Å². The summed E-state index contributed by atoms with van der Waals surface area (Å²) in [4.78, 5) is 41.3. The van der Waals surface area contributed by atoms with Crippen molar-refractivity contribution in [2.24, 2.45) is 0 Å². The van der Waals surface area contributed by atoms with E-state index in [1.807, 2.05) is 16.7 Å². The van der Waals surface area contributed by atoms with Crippen LogP contribution in [-0.4, -0.2) is 103 Å². The van der Waals surface area contributed by atoms with Crippen molar-refractivity contribution in [2.45, 2.75) is 56.5 Å². The predicted octanol–water partition coefficient (Wildman–Crippen LogP) is 3.23. The molecule has 3 fully saturated rings. The fourth-order valence-corrected chi connectivity index (χ4v) is 7.22. The Morgan fingerprint density at radius 1 is 1.00 bits per heavy atom. The van der Waals surface area contributed by atoms with Gasteiger partial charge in [-0.15, -0.1) is 0 Å². The van der Waals surface area contributed by atoms with Gasteiger partial charge < -0.3 is 19.6 Å². The maximum atomic E-state index is 13.7. The smallest absolute Gasteiger partial charge is 0.367 e. The first kappa shape index (κ1) is 31.0. The minimum Gasteiger partial charge on any atom is -0.367 e. The van der Waals surface area contributed by atoms with Gasteiger partial charge in [0.05, 0.1) is 17.4 Å². The molecule has 2 aromatic rings. The van der Waals surface area contributed by atoms with E-state index in [1.54, 1.807) is 9.80 Å². The van der Waals surface area contributed by atoms with E-state index < -0.39 is 26.8 Å². The second-order valence-corrected chi connectivity index (χ2v) is 14.0. The van der Waals surface area contributed by atoms with Crippen LogP contribution in [0.3, 0.4) is 0 Å². The number of carbonyl (C=O) groups excluding carboxylic acids is 2. The lowest BCUT2D eigenvalue weighted by molar-refractivity contribution is -0.143. The fraction of sp³-hybridized carbons (Fsp3) is 0.586. The summed E-state index contributed by atoms with van der Waals surface area (Å²) >= 11 is 0. The number of aromatic nitrogens is 2. The standard InChI is InChI=1S/C29H37F3N6O4S/c1-20-18-36(13-14-38(20)27(40)19-37-10-4-3-5-26(37)39)25-7-6-22(29(30,31)32)15-24(25)21-16-33-28(34-17-21)35-11-8-23(9-12-35)43(2,41)42/h6-7,15-17,20,23H,3-5,8-14,18-19H2,1-2H3. The van der Waals surface area contributed by atoms with Crippen LogP contribution in [0.5, 0.6) is 0 Å². The highest BCUT2D eigenvalue weighted by molar-refractivity contribution is 7.91. The van der Waals surface area contributed by atoms with E-state index in [9.17, 15) is 31.2 Å². The maximum absolute atomic E-state index is 13.7. The largest absolute Gasteiger partial charge is 0.416 e. The first-order chi connectivity index (χ1) is 20.3. The van der Waals surface area contributed by atoms with Gasteiger partial charge in [-0.3, -0.25) is 9.59 Å². The average molecular weight is 623 g/mol. The molecule has 4 heterocycles. The van der Waals surface area contributed by atoms with Gasteiger partial charge in [0, 0.05) is 87.2 Å². The third kappa shape index (κ3) is 7.05. The lowest BCUT2D eigenvalue weighted by Gasteiger charge is -2.42. The van der Waals surface area contributed by atoms with Crippen LogP contribution < -0.4 is 9.80 Å². The fourth-order valence-electron chi connectivity index (χ4n) is 6.16. The molecule has 3 aliphatic rings. The number of likely N-dealkylation sites (tertiary alicyclic amines) is 1. The van der Waals surface area contributed by atoms with Crippen LogP contribution in [0.4, 0.5) is 24.8 Å². The zero-order valence-electron chi connectivity index (χ0n) is 24.4. The molecule has 43 heavy (non-hydrogen) atoms. The Morgan fingerprint density at radius 2 is 1.70 bits per heavy atom. The third-order valence-electron chi connectivity index (χ3n) is 8.64. The molecule has 1 aromatic heterocycles. The normalized spacial score (nSPS) is 21.0. The minimum atomic E-state index is -4.54. The van der Waals surface area contributed by atoms with E-state index in [0.29, 0.717) is 81.3 Å². The first-order valence-corrected chi connectivity index (χ1v) is 16.6. The molecule has 0 saturated carbocycles. The summed E-state index contributed by atoms with van der Waals surface area (Å²) in [6.45, 7) is 4.66. The molecule has 0 spiro atoms. The van der Waals surface area contributed by atoms with Crippen molar-refractivity contribution >= 4 is 33.3 Å². The summed E-state index contributed by atoms with van der Waals surface area (Å²) in [5, 5.41) is -0.402.